The maximum Gasteiger partial charge on any atom is 0.124 e. The van der Waals surface area contributed by atoms with Gasteiger partial charge in [0.1, 0.15) is 11.5 Å². The van der Waals surface area contributed by atoms with Crippen LogP contribution in [0.1, 0.15) is 25.0 Å². The van der Waals surface area contributed by atoms with Crippen molar-refractivity contribution in [1.29, 1.82) is 0 Å². The number of aliphatic imine (C=N–C) groups is 2. The van der Waals surface area contributed by atoms with Crippen molar-refractivity contribution in [1.82, 2.24) is 0 Å². The highest BCUT2D eigenvalue weighted by atomic mass is 33.1. The lowest BCUT2D eigenvalue weighted by molar-refractivity contribution is 0.473. The van der Waals surface area contributed by atoms with E-state index in [1.54, 1.807) is 33.7 Å². The molecule has 26 heavy (non-hydrogen) atoms. The molecule has 0 aliphatic rings. The fourth-order valence-corrected chi connectivity index (χ4v) is 4.07. The molecule has 0 heterocycles. The predicted molar refractivity (Wildman–Crippen MR) is 115 cm³/mol. The van der Waals surface area contributed by atoms with E-state index in [4.69, 9.17) is 0 Å². The molecule has 0 aliphatic heterocycles. The molecule has 0 spiro atoms. The number of rotatable bonds is 9. The van der Waals surface area contributed by atoms with Gasteiger partial charge in [-0.25, -0.2) is 0 Å². The fourth-order valence-electron chi connectivity index (χ4n) is 2.35. The molecule has 4 nitrogen and oxygen atoms in total. The highest BCUT2D eigenvalue weighted by Crippen LogP contribution is 2.22. The van der Waals surface area contributed by atoms with Crippen molar-refractivity contribution in [2.24, 2.45) is 9.98 Å². The Morgan fingerprint density at radius 2 is 1.12 bits per heavy atom. The summed E-state index contributed by atoms with van der Waals surface area (Å²) in [6, 6.07) is 14.5. The van der Waals surface area contributed by atoms with Crippen molar-refractivity contribution >= 4 is 33.0 Å². The second-order valence-electron chi connectivity index (χ2n) is 5.61. The molecule has 0 atom stereocenters. The normalized spacial score (nSPS) is 12.4. The Balaban J connectivity index is 1.65. The zero-order valence-corrected chi connectivity index (χ0v) is 16.7. The van der Waals surface area contributed by atoms with E-state index in [1.165, 1.54) is 0 Å². The third kappa shape index (κ3) is 6.42. The van der Waals surface area contributed by atoms with E-state index in [2.05, 4.69) is 9.98 Å². The second kappa shape index (κ2) is 10.9. The number of phenols is 2. The first-order chi connectivity index (χ1) is 12.6. The Morgan fingerprint density at radius 3 is 1.50 bits per heavy atom. The van der Waals surface area contributed by atoms with Gasteiger partial charge in [-0.05, 0) is 38.1 Å². The summed E-state index contributed by atoms with van der Waals surface area (Å²) < 4.78 is 0. The van der Waals surface area contributed by atoms with Crippen molar-refractivity contribution in [3.63, 3.8) is 0 Å². The lowest BCUT2D eigenvalue weighted by atomic mass is 10.1. The van der Waals surface area contributed by atoms with Gasteiger partial charge >= 0.3 is 0 Å². The Bertz CT molecular complexity index is 710. The van der Waals surface area contributed by atoms with Gasteiger partial charge in [-0.3, -0.25) is 9.98 Å². The SMILES string of the molecule is C/C(=N/CCSSCC/N=C(/C)c1ccccc1O)c1ccccc1O. The summed E-state index contributed by atoms with van der Waals surface area (Å²) in [4.78, 5) is 9.04. The van der Waals surface area contributed by atoms with Crippen LogP contribution in [0.4, 0.5) is 0 Å². The van der Waals surface area contributed by atoms with Crippen molar-refractivity contribution in [3.8, 4) is 11.5 Å². The van der Waals surface area contributed by atoms with Crippen LogP contribution < -0.4 is 0 Å². The molecule has 0 aliphatic carbocycles. The summed E-state index contributed by atoms with van der Waals surface area (Å²) >= 11 is 0. The molecule has 138 valence electrons. The number of para-hydroxylation sites is 2. The maximum absolute atomic E-state index is 9.81. The number of aromatic hydroxyl groups is 2. The first-order valence-electron chi connectivity index (χ1n) is 8.43. The summed E-state index contributed by atoms with van der Waals surface area (Å²) in [6.45, 7) is 5.28. The number of hydrogen-bond acceptors (Lipinski definition) is 6. The van der Waals surface area contributed by atoms with Crippen LogP contribution in [0.2, 0.25) is 0 Å². The van der Waals surface area contributed by atoms with Crippen LogP contribution in [0.15, 0.2) is 58.5 Å². The van der Waals surface area contributed by atoms with E-state index >= 15 is 0 Å². The minimum atomic E-state index is 0.272. The van der Waals surface area contributed by atoms with E-state index in [0.717, 1.165) is 47.1 Å². The summed E-state index contributed by atoms with van der Waals surface area (Å²) in [7, 11) is 3.55. The van der Waals surface area contributed by atoms with Crippen LogP contribution in [0, 0.1) is 0 Å². The Hall–Kier alpha value is -1.92. The standard InChI is InChI=1S/C20H24N2O2S2/c1-15(17-7-3-5-9-19(17)23)21-11-13-25-26-14-12-22-16(2)18-8-4-6-10-20(18)24/h3-10,23-24H,11-14H2,1-2H3/b21-15-,22-16-. The average molecular weight is 389 g/mol. The quantitative estimate of drug-likeness (QED) is 0.368. The van der Waals surface area contributed by atoms with E-state index < -0.39 is 0 Å². The summed E-state index contributed by atoms with van der Waals surface area (Å²) in [5.74, 6) is 2.37. The highest BCUT2D eigenvalue weighted by molar-refractivity contribution is 8.76. The van der Waals surface area contributed by atoms with Gasteiger partial charge < -0.3 is 10.2 Å². The topological polar surface area (TPSA) is 65.2 Å². The number of phenolic OH excluding ortho intramolecular Hbond substituents is 2. The van der Waals surface area contributed by atoms with Gasteiger partial charge in [0.15, 0.2) is 0 Å². The summed E-state index contributed by atoms with van der Waals surface area (Å²) in [5.41, 5.74) is 3.30. The van der Waals surface area contributed by atoms with Gasteiger partial charge in [0.05, 0.1) is 0 Å². The lowest BCUT2D eigenvalue weighted by Crippen LogP contribution is -1.98. The smallest absolute Gasteiger partial charge is 0.124 e. The molecule has 6 heteroatoms. The molecule has 0 amide bonds. The van der Waals surface area contributed by atoms with Gasteiger partial charge in [-0.2, -0.15) is 0 Å². The molecule has 0 unspecified atom stereocenters. The van der Waals surface area contributed by atoms with Crippen LogP contribution in [0.25, 0.3) is 0 Å². The van der Waals surface area contributed by atoms with Crippen molar-refractivity contribution < 1.29 is 10.2 Å². The zero-order chi connectivity index (χ0) is 18.8. The molecule has 2 aromatic rings. The fraction of sp³-hybridized carbons (Fsp3) is 0.300. The molecule has 2 N–H and O–H groups in total. The monoisotopic (exact) mass is 388 g/mol. The van der Waals surface area contributed by atoms with Crippen LogP contribution in [0.3, 0.4) is 0 Å². The largest absolute Gasteiger partial charge is 0.507 e. The summed E-state index contributed by atoms with van der Waals surface area (Å²) in [6.07, 6.45) is 0. The number of nitrogens with zero attached hydrogens (tertiary/aromatic N) is 2. The molecule has 2 aromatic carbocycles. The number of hydrogen-bond donors (Lipinski definition) is 2. The molecular weight excluding hydrogens is 364 g/mol. The third-order valence-electron chi connectivity index (χ3n) is 3.72. The molecule has 0 fully saturated rings. The number of benzene rings is 2. The van der Waals surface area contributed by atoms with Crippen LogP contribution in [0.5, 0.6) is 11.5 Å². The van der Waals surface area contributed by atoms with Crippen LogP contribution in [-0.2, 0) is 0 Å². The molecule has 0 bridgehead atoms. The maximum atomic E-state index is 9.81. The highest BCUT2D eigenvalue weighted by Gasteiger charge is 2.03. The van der Waals surface area contributed by atoms with E-state index in [0.29, 0.717) is 0 Å². The van der Waals surface area contributed by atoms with Crippen molar-refractivity contribution in [3.05, 3.63) is 59.7 Å². The van der Waals surface area contributed by atoms with Crippen molar-refractivity contribution in [2.45, 2.75) is 13.8 Å². The Morgan fingerprint density at radius 1 is 0.731 bits per heavy atom. The first-order valence-corrected chi connectivity index (χ1v) is 10.9. The van der Waals surface area contributed by atoms with E-state index in [-0.39, 0.29) is 11.5 Å². The van der Waals surface area contributed by atoms with Crippen LogP contribution >= 0.6 is 21.6 Å². The third-order valence-corrected chi connectivity index (χ3v) is 6.08. The van der Waals surface area contributed by atoms with Gasteiger partial charge in [0.2, 0.25) is 0 Å². The molecule has 0 saturated heterocycles. The second-order valence-corrected chi connectivity index (χ2v) is 8.31. The average Bonchev–Trinajstić information content (AvgIpc) is 2.64. The zero-order valence-electron chi connectivity index (χ0n) is 15.1. The Kier molecular flexibility index (Phi) is 8.58. The first kappa shape index (κ1) is 20.4. The molecule has 2 rings (SSSR count). The van der Waals surface area contributed by atoms with Gasteiger partial charge in [0, 0.05) is 47.1 Å². The predicted octanol–water partition coefficient (Wildman–Crippen LogP) is 4.80. The minimum absolute atomic E-state index is 0.272. The minimum Gasteiger partial charge on any atom is -0.507 e. The van der Waals surface area contributed by atoms with Gasteiger partial charge in [-0.15, -0.1) is 0 Å². The van der Waals surface area contributed by atoms with E-state index in [9.17, 15) is 10.2 Å². The Labute approximate surface area is 162 Å². The molecular formula is C20H24N2O2S2. The van der Waals surface area contributed by atoms with Crippen molar-refractivity contribution in [2.75, 3.05) is 24.6 Å². The van der Waals surface area contributed by atoms with Gasteiger partial charge in [-0.1, -0.05) is 45.9 Å². The molecule has 0 saturated carbocycles. The van der Waals surface area contributed by atoms with Gasteiger partial charge in [0.25, 0.3) is 0 Å². The molecule has 0 radical (unpaired) electrons. The van der Waals surface area contributed by atoms with Crippen LogP contribution in [-0.4, -0.2) is 46.2 Å². The lowest BCUT2D eigenvalue weighted by Gasteiger charge is -2.04. The van der Waals surface area contributed by atoms with E-state index in [1.807, 2.05) is 50.2 Å². The summed E-state index contributed by atoms with van der Waals surface area (Å²) in [5, 5.41) is 19.6. The molecule has 0 aromatic heterocycles.